The van der Waals surface area contributed by atoms with E-state index in [1.807, 2.05) is 0 Å². The van der Waals surface area contributed by atoms with Gasteiger partial charge >= 0.3 is 0 Å². The number of aromatic amines is 1. The highest BCUT2D eigenvalue weighted by atomic mass is 16.5. The highest BCUT2D eigenvalue weighted by Crippen LogP contribution is 2.05. The topological polar surface area (TPSA) is 104 Å². The average molecular weight is 225 g/mol. The Morgan fingerprint density at radius 1 is 1.62 bits per heavy atom. The summed E-state index contributed by atoms with van der Waals surface area (Å²) in [6, 6.07) is 0.844. The fourth-order valence-electron chi connectivity index (χ4n) is 1.45. The lowest BCUT2D eigenvalue weighted by atomic mass is 10.2. The molecule has 2 atom stereocenters. The van der Waals surface area contributed by atoms with Crippen molar-refractivity contribution >= 4 is 5.91 Å². The average Bonchev–Trinajstić information content (AvgIpc) is 2.65. The standard InChI is InChI=1S/C9H11N3O4/c13-7-4-16-3-6(7)11-8(14)5-1-2-10-12-9(5)15/h1-2,6-7,13H,3-4H2,(H,11,14)(H,12,15). The van der Waals surface area contributed by atoms with Crippen LogP contribution in [0.4, 0.5) is 0 Å². The van der Waals surface area contributed by atoms with Crippen LogP contribution in [0.15, 0.2) is 17.1 Å². The molecule has 16 heavy (non-hydrogen) atoms. The first-order valence-corrected chi connectivity index (χ1v) is 4.79. The maximum atomic E-state index is 11.6. The Bertz CT molecular complexity index is 444. The van der Waals surface area contributed by atoms with Crippen LogP contribution < -0.4 is 10.9 Å². The zero-order valence-corrected chi connectivity index (χ0v) is 8.34. The van der Waals surface area contributed by atoms with Gasteiger partial charge in [-0.1, -0.05) is 0 Å². The summed E-state index contributed by atoms with van der Waals surface area (Å²) in [5, 5.41) is 17.6. The number of aromatic nitrogens is 2. The van der Waals surface area contributed by atoms with Gasteiger partial charge in [-0.05, 0) is 6.07 Å². The molecule has 0 spiro atoms. The van der Waals surface area contributed by atoms with Crippen LogP contribution in [0.25, 0.3) is 0 Å². The quantitative estimate of drug-likeness (QED) is 0.554. The van der Waals surface area contributed by atoms with Gasteiger partial charge in [-0.25, -0.2) is 5.10 Å². The molecular weight excluding hydrogens is 214 g/mol. The van der Waals surface area contributed by atoms with E-state index in [-0.39, 0.29) is 18.8 Å². The summed E-state index contributed by atoms with van der Waals surface area (Å²) in [7, 11) is 0. The molecule has 0 bridgehead atoms. The first kappa shape index (κ1) is 10.8. The Morgan fingerprint density at radius 2 is 2.44 bits per heavy atom. The summed E-state index contributed by atoms with van der Waals surface area (Å²) in [5.74, 6) is -0.543. The molecule has 0 aliphatic carbocycles. The Balaban J connectivity index is 2.09. The molecule has 1 aromatic rings. The maximum absolute atomic E-state index is 11.6. The molecule has 2 rings (SSSR count). The molecule has 1 aliphatic rings. The van der Waals surface area contributed by atoms with Crippen molar-refractivity contribution in [2.75, 3.05) is 13.2 Å². The number of carbonyl (C=O) groups excluding carboxylic acids is 1. The molecule has 1 aliphatic heterocycles. The zero-order chi connectivity index (χ0) is 11.5. The lowest BCUT2D eigenvalue weighted by molar-refractivity contribution is 0.0884. The van der Waals surface area contributed by atoms with E-state index in [0.717, 1.165) is 0 Å². The highest BCUT2D eigenvalue weighted by Gasteiger charge is 2.28. The number of aliphatic hydroxyl groups excluding tert-OH is 1. The van der Waals surface area contributed by atoms with Gasteiger partial charge in [0.2, 0.25) is 0 Å². The Kier molecular flexibility index (Phi) is 2.97. The van der Waals surface area contributed by atoms with Crippen molar-refractivity contribution < 1.29 is 14.6 Å². The number of nitrogens with zero attached hydrogens (tertiary/aromatic N) is 1. The van der Waals surface area contributed by atoms with Gasteiger partial charge in [-0.2, -0.15) is 5.10 Å². The van der Waals surface area contributed by atoms with Crippen molar-refractivity contribution in [1.82, 2.24) is 15.5 Å². The third-order valence-corrected chi connectivity index (χ3v) is 2.34. The number of aliphatic hydroxyl groups is 1. The van der Waals surface area contributed by atoms with Crippen molar-refractivity contribution in [2.24, 2.45) is 0 Å². The minimum Gasteiger partial charge on any atom is -0.388 e. The van der Waals surface area contributed by atoms with Gasteiger partial charge in [0, 0.05) is 6.20 Å². The number of ether oxygens (including phenoxy) is 1. The van der Waals surface area contributed by atoms with Crippen LogP contribution in [0.2, 0.25) is 0 Å². The van der Waals surface area contributed by atoms with Crippen LogP contribution in [0.1, 0.15) is 10.4 Å². The number of carbonyl (C=O) groups is 1. The first-order chi connectivity index (χ1) is 7.68. The molecule has 2 unspecified atom stereocenters. The van der Waals surface area contributed by atoms with Crippen LogP contribution in [0.5, 0.6) is 0 Å². The van der Waals surface area contributed by atoms with Gasteiger partial charge in [0.05, 0.1) is 25.4 Å². The smallest absolute Gasteiger partial charge is 0.277 e. The Labute approximate surface area is 90.4 Å². The number of rotatable bonds is 2. The molecule has 7 nitrogen and oxygen atoms in total. The monoisotopic (exact) mass is 225 g/mol. The summed E-state index contributed by atoms with van der Waals surface area (Å²) < 4.78 is 4.97. The second-order valence-corrected chi connectivity index (χ2v) is 3.48. The fraction of sp³-hybridized carbons (Fsp3) is 0.444. The second-order valence-electron chi connectivity index (χ2n) is 3.48. The molecule has 3 N–H and O–H groups in total. The van der Waals surface area contributed by atoms with E-state index < -0.39 is 23.6 Å². The maximum Gasteiger partial charge on any atom is 0.277 e. The van der Waals surface area contributed by atoms with Crippen molar-refractivity contribution in [3.8, 4) is 0 Å². The molecule has 0 aromatic carbocycles. The molecule has 86 valence electrons. The molecule has 1 aromatic heterocycles. The largest absolute Gasteiger partial charge is 0.388 e. The van der Waals surface area contributed by atoms with Crippen LogP contribution in [-0.2, 0) is 4.74 Å². The predicted molar refractivity (Wildman–Crippen MR) is 52.9 cm³/mol. The van der Waals surface area contributed by atoms with Crippen molar-refractivity contribution in [3.05, 3.63) is 28.2 Å². The van der Waals surface area contributed by atoms with Gasteiger partial charge < -0.3 is 15.2 Å². The molecular formula is C9H11N3O4. The van der Waals surface area contributed by atoms with Crippen LogP contribution in [0, 0.1) is 0 Å². The molecule has 0 saturated carbocycles. The van der Waals surface area contributed by atoms with Gasteiger partial charge in [0.1, 0.15) is 5.56 Å². The van der Waals surface area contributed by atoms with Crippen LogP contribution in [0.3, 0.4) is 0 Å². The Morgan fingerprint density at radius 3 is 3.06 bits per heavy atom. The summed E-state index contributed by atoms with van der Waals surface area (Å²) in [4.78, 5) is 22.9. The van der Waals surface area contributed by atoms with E-state index >= 15 is 0 Å². The minimum atomic E-state index is -0.732. The number of hydrogen-bond acceptors (Lipinski definition) is 5. The van der Waals surface area contributed by atoms with Crippen molar-refractivity contribution in [2.45, 2.75) is 12.1 Å². The van der Waals surface area contributed by atoms with Crippen molar-refractivity contribution in [1.29, 1.82) is 0 Å². The van der Waals surface area contributed by atoms with Crippen LogP contribution >= 0.6 is 0 Å². The number of H-pyrrole nitrogens is 1. The third kappa shape index (κ3) is 2.10. The minimum absolute atomic E-state index is 0.0332. The van der Waals surface area contributed by atoms with E-state index in [2.05, 4.69) is 15.5 Å². The molecule has 1 saturated heterocycles. The normalized spacial score (nSPS) is 24.3. The first-order valence-electron chi connectivity index (χ1n) is 4.79. The summed E-state index contributed by atoms with van der Waals surface area (Å²) in [6.45, 7) is 0.438. The van der Waals surface area contributed by atoms with E-state index in [4.69, 9.17) is 4.74 Å². The van der Waals surface area contributed by atoms with E-state index in [0.29, 0.717) is 0 Å². The molecule has 2 heterocycles. The van der Waals surface area contributed by atoms with Crippen LogP contribution in [-0.4, -0.2) is 46.6 Å². The number of nitrogens with one attached hydrogen (secondary N) is 2. The summed E-state index contributed by atoms with van der Waals surface area (Å²) in [5.41, 5.74) is -0.595. The fourth-order valence-corrected chi connectivity index (χ4v) is 1.45. The van der Waals surface area contributed by atoms with Gasteiger partial charge in [0.25, 0.3) is 11.5 Å². The van der Waals surface area contributed by atoms with Gasteiger partial charge in [0.15, 0.2) is 0 Å². The molecule has 0 radical (unpaired) electrons. The Hall–Kier alpha value is -1.73. The lowest BCUT2D eigenvalue weighted by Gasteiger charge is -2.13. The van der Waals surface area contributed by atoms with Gasteiger partial charge in [-0.3, -0.25) is 9.59 Å². The third-order valence-electron chi connectivity index (χ3n) is 2.34. The molecule has 1 fully saturated rings. The lowest BCUT2D eigenvalue weighted by Crippen LogP contribution is -2.44. The summed E-state index contributed by atoms with van der Waals surface area (Å²) >= 11 is 0. The summed E-state index contributed by atoms with van der Waals surface area (Å²) in [6.07, 6.45) is 0.586. The van der Waals surface area contributed by atoms with Gasteiger partial charge in [-0.15, -0.1) is 0 Å². The van der Waals surface area contributed by atoms with E-state index in [1.54, 1.807) is 0 Å². The zero-order valence-electron chi connectivity index (χ0n) is 8.34. The number of amides is 1. The second kappa shape index (κ2) is 4.42. The SMILES string of the molecule is O=C(NC1COCC1O)c1ccn[nH]c1=O. The molecule has 1 amide bonds. The molecule has 7 heteroatoms. The van der Waals surface area contributed by atoms with E-state index in [1.165, 1.54) is 12.3 Å². The van der Waals surface area contributed by atoms with Crippen molar-refractivity contribution in [3.63, 3.8) is 0 Å². The highest BCUT2D eigenvalue weighted by molar-refractivity contribution is 5.93. The predicted octanol–water partition coefficient (Wildman–Crippen LogP) is -1.74. The number of hydrogen-bond donors (Lipinski definition) is 3. The van der Waals surface area contributed by atoms with E-state index in [9.17, 15) is 14.7 Å².